The van der Waals surface area contributed by atoms with Crippen LogP contribution in [0.5, 0.6) is 5.75 Å². The van der Waals surface area contributed by atoms with Crippen LogP contribution in [0.2, 0.25) is 0 Å². The molecule has 0 atom stereocenters. The van der Waals surface area contributed by atoms with Crippen LogP contribution in [0.15, 0.2) is 24.3 Å². The van der Waals surface area contributed by atoms with Crippen LogP contribution in [0.1, 0.15) is 307 Å². The van der Waals surface area contributed by atoms with Crippen molar-refractivity contribution in [2.45, 2.75) is 311 Å². The van der Waals surface area contributed by atoms with Crippen molar-refractivity contribution in [3.63, 3.8) is 0 Å². The fourth-order valence-electron chi connectivity index (χ4n) is 10.2. The third-order valence-corrected chi connectivity index (χ3v) is 16.5. The van der Waals surface area contributed by atoms with Gasteiger partial charge in [0, 0.05) is 0 Å². The summed E-state index contributed by atoms with van der Waals surface area (Å²) in [5, 5.41) is 0.445. The first kappa shape index (κ1) is 65.6. The molecule has 0 saturated carbocycles. The van der Waals surface area contributed by atoms with Crippen LogP contribution in [0.3, 0.4) is 0 Å². The molecule has 416 valence electrons. The molecule has 0 amide bonds. The second-order valence-electron chi connectivity index (χ2n) is 23.9. The van der Waals surface area contributed by atoms with Gasteiger partial charge in [-0.15, -0.1) is 0 Å². The van der Waals surface area contributed by atoms with Crippen molar-refractivity contribution in [2.75, 3.05) is 13.2 Å². The average Bonchev–Trinajstić information content (AvgIpc) is 3.31. The van der Waals surface area contributed by atoms with E-state index >= 15 is 0 Å². The molecule has 0 aliphatic rings. The van der Waals surface area contributed by atoms with Crippen LogP contribution in [-0.4, -0.2) is 34.9 Å². The standard InChI is InChI=1S/C64H113O7P/c1-11-13-15-17-19-21-23-25-27-29-31-33-35-37-39-41-47-69-59(65)45-43-55-49-53(3)61(57(51-55)63(5,6)7)71-72(67,68)62-54(4)50-56(52-58(62)64(8,9)10)44-46-60(66)70-48-42-40-38-36-34-32-30-28-26-24-22-20-18-16-14-12-2/h49-52,67-68,72H,11-48H2,1-10H3. The predicted octanol–water partition coefficient (Wildman–Crippen LogP) is 18.6. The first-order chi connectivity index (χ1) is 34.4. The van der Waals surface area contributed by atoms with Gasteiger partial charge in [-0.2, -0.15) is 0 Å². The Morgan fingerprint density at radius 3 is 1.04 bits per heavy atom. The molecule has 0 aliphatic heterocycles. The van der Waals surface area contributed by atoms with Crippen molar-refractivity contribution >= 4 is 25.2 Å². The van der Waals surface area contributed by atoms with E-state index in [0.29, 0.717) is 43.5 Å². The zero-order valence-corrected chi connectivity index (χ0v) is 49.6. The number of unbranched alkanes of at least 4 members (excludes halogenated alkanes) is 30. The number of esters is 2. The first-order valence-corrected chi connectivity index (χ1v) is 31.9. The van der Waals surface area contributed by atoms with E-state index in [-0.39, 0.29) is 23.8 Å². The third-order valence-electron chi connectivity index (χ3n) is 14.7. The van der Waals surface area contributed by atoms with E-state index in [4.69, 9.17) is 14.0 Å². The molecule has 8 heteroatoms. The van der Waals surface area contributed by atoms with Crippen molar-refractivity contribution in [1.29, 1.82) is 0 Å². The molecule has 0 saturated heterocycles. The molecule has 0 fully saturated rings. The van der Waals surface area contributed by atoms with E-state index in [2.05, 4.69) is 61.5 Å². The van der Waals surface area contributed by atoms with Gasteiger partial charge in [0.05, 0.1) is 0 Å². The summed E-state index contributed by atoms with van der Waals surface area (Å²) in [6.45, 7) is 21.8. The number of benzene rings is 2. The zero-order valence-electron chi connectivity index (χ0n) is 48.6. The number of ether oxygens (including phenoxy) is 2. The molecule has 0 heterocycles. The van der Waals surface area contributed by atoms with E-state index in [1.54, 1.807) is 0 Å². The molecule has 72 heavy (non-hydrogen) atoms. The Bertz CT molecular complexity index is 1740. The quantitative estimate of drug-likeness (QED) is 0.0387. The molecule has 2 N–H and O–H groups in total. The molecule has 0 aromatic heterocycles. The Labute approximate surface area is 444 Å². The van der Waals surface area contributed by atoms with Crippen molar-refractivity contribution in [2.24, 2.45) is 0 Å². The van der Waals surface area contributed by atoms with Gasteiger partial charge in [0.1, 0.15) is 0 Å². The molecule has 0 radical (unpaired) electrons. The molecule has 0 unspecified atom stereocenters. The van der Waals surface area contributed by atoms with Gasteiger partial charge < -0.3 is 0 Å². The summed E-state index contributed by atoms with van der Waals surface area (Å²) in [5.74, 6) is 0.103. The minimum atomic E-state index is -4.54. The monoisotopic (exact) mass is 1020 g/mol. The maximum absolute atomic E-state index is 12.8. The molecule has 7 nitrogen and oxygen atoms in total. The topological polar surface area (TPSA) is 102 Å². The van der Waals surface area contributed by atoms with Crippen molar-refractivity contribution in [3.8, 4) is 5.75 Å². The summed E-state index contributed by atoms with van der Waals surface area (Å²) in [7, 11) is -4.54. The van der Waals surface area contributed by atoms with Crippen LogP contribution in [0, 0.1) is 13.8 Å². The molecule has 2 aromatic rings. The molecule has 2 aromatic carbocycles. The molecule has 0 aliphatic carbocycles. The van der Waals surface area contributed by atoms with Crippen molar-refractivity contribution in [1.82, 2.24) is 0 Å². The van der Waals surface area contributed by atoms with Crippen molar-refractivity contribution < 1.29 is 33.4 Å². The van der Waals surface area contributed by atoms with Crippen LogP contribution in [0.4, 0.5) is 0 Å². The van der Waals surface area contributed by atoms with Gasteiger partial charge in [-0.1, -0.05) is 187 Å². The van der Waals surface area contributed by atoms with Crippen LogP contribution < -0.4 is 9.83 Å². The number of hydrogen-bond acceptors (Lipinski definition) is 7. The summed E-state index contributed by atoms with van der Waals surface area (Å²) < 4.78 is 17.7. The third kappa shape index (κ3) is 29.6. The van der Waals surface area contributed by atoms with E-state index in [9.17, 15) is 19.4 Å². The van der Waals surface area contributed by atoms with Gasteiger partial charge in [0.2, 0.25) is 0 Å². The van der Waals surface area contributed by atoms with Gasteiger partial charge in [0.15, 0.2) is 0 Å². The fraction of sp³-hybridized carbons (Fsp3) is 0.781. The first-order valence-electron chi connectivity index (χ1n) is 30.1. The fourth-order valence-corrected chi connectivity index (χ4v) is 12.3. The summed E-state index contributed by atoms with van der Waals surface area (Å²) in [5.41, 5.74) is 4.36. The second-order valence-corrected chi connectivity index (χ2v) is 25.8. The van der Waals surface area contributed by atoms with Gasteiger partial charge in [-0.25, -0.2) is 0 Å². The number of hydrogen-bond donors (Lipinski definition) is 2. The summed E-state index contributed by atoms with van der Waals surface area (Å²) in [4.78, 5) is 49.8. The number of aryl methyl sites for hydroxylation is 4. The van der Waals surface area contributed by atoms with Gasteiger partial charge in [-0.3, -0.25) is 0 Å². The van der Waals surface area contributed by atoms with Crippen molar-refractivity contribution in [3.05, 3.63) is 57.6 Å². The Hall–Kier alpha value is -2.47. The Kier molecular flexibility index (Phi) is 34.8. The number of rotatable bonds is 43. The number of carbonyl (C=O) groups excluding carboxylic acids is 2. The molecule has 0 spiro atoms. The van der Waals surface area contributed by atoms with Crippen LogP contribution >= 0.6 is 7.94 Å². The summed E-state index contributed by atoms with van der Waals surface area (Å²) >= 11 is 0. The van der Waals surface area contributed by atoms with E-state index in [0.717, 1.165) is 59.1 Å². The van der Waals surface area contributed by atoms with Gasteiger partial charge in [0.25, 0.3) is 0 Å². The van der Waals surface area contributed by atoms with E-state index in [1.165, 1.54) is 180 Å². The number of carbonyl (C=O) groups is 2. The summed E-state index contributed by atoms with van der Waals surface area (Å²) in [6.07, 6.45) is 43.6. The average molecular weight is 1030 g/mol. The normalized spacial score (nSPS) is 12.4. The van der Waals surface area contributed by atoms with E-state index < -0.39 is 13.4 Å². The molecule has 2 rings (SSSR count). The Morgan fingerprint density at radius 2 is 0.722 bits per heavy atom. The Balaban J connectivity index is 1.81. The molecular weight excluding hydrogens is 912 g/mol. The van der Waals surface area contributed by atoms with Crippen LogP contribution in [0.25, 0.3) is 0 Å². The molecule has 0 bridgehead atoms. The summed E-state index contributed by atoms with van der Waals surface area (Å²) in [6, 6.07) is 8.03. The maximum atomic E-state index is 12.8. The zero-order chi connectivity index (χ0) is 53.1. The Morgan fingerprint density at radius 1 is 0.431 bits per heavy atom. The van der Waals surface area contributed by atoms with Crippen LogP contribution in [-0.2, 0) is 42.7 Å². The second kappa shape index (κ2) is 38.1. The van der Waals surface area contributed by atoms with Gasteiger partial charge in [-0.05, 0) is 0 Å². The SMILES string of the molecule is CCCCCCCCCCCCCCCCCCOC(=O)CCc1cc(C)c(O[PH](O)(O)c2c(C)cc(CCC(=O)OCCCCCCCCCCCCCCCCCC)cc2C(C)(C)C)c(C(C)(C)C)c1. The predicted molar refractivity (Wildman–Crippen MR) is 310 cm³/mol. The minimum absolute atomic E-state index is 0.181. The van der Waals surface area contributed by atoms with E-state index in [1.807, 2.05) is 32.0 Å². The van der Waals surface area contributed by atoms with Gasteiger partial charge >= 0.3 is 259 Å². The molecular formula is C64H113O7P.